The van der Waals surface area contributed by atoms with Crippen LogP contribution in [0.25, 0.3) is 10.6 Å². The van der Waals surface area contributed by atoms with E-state index in [0.29, 0.717) is 32.8 Å². The number of methoxy groups -OCH3 is 1. The Kier molecular flexibility index (Phi) is 6.01. The summed E-state index contributed by atoms with van der Waals surface area (Å²) >= 11 is 2.65. The van der Waals surface area contributed by atoms with E-state index in [1.54, 1.807) is 55.9 Å². The van der Waals surface area contributed by atoms with Crippen molar-refractivity contribution in [3.8, 4) is 16.3 Å². The van der Waals surface area contributed by atoms with E-state index in [4.69, 9.17) is 4.74 Å². The molecule has 8 nitrogen and oxygen atoms in total. The van der Waals surface area contributed by atoms with Crippen LogP contribution in [-0.4, -0.2) is 33.9 Å². The van der Waals surface area contributed by atoms with Gasteiger partial charge in [-0.1, -0.05) is 11.3 Å². The number of aromatic nitrogens is 3. The summed E-state index contributed by atoms with van der Waals surface area (Å²) in [7, 11) is 1.57. The maximum Gasteiger partial charge on any atom is 0.257 e. The molecule has 1 aromatic carbocycles. The van der Waals surface area contributed by atoms with Gasteiger partial charge in [-0.25, -0.2) is 9.97 Å². The van der Waals surface area contributed by atoms with E-state index in [9.17, 15) is 9.59 Å². The van der Waals surface area contributed by atoms with Gasteiger partial charge in [0.15, 0.2) is 10.3 Å². The van der Waals surface area contributed by atoms with E-state index in [2.05, 4.69) is 25.6 Å². The molecule has 3 aromatic heterocycles. The molecule has 10 heteroatoms. The molecule has 156 valence electrons. The first kappa shape index (κ1) is 20.6. The molecule has 0 bridgehead atoms. The summed E-state index contributed by atoms with van der Waals surface area (Å²) in [5.74, 6) is 0.169. The third-order valence-electron chi connectivity index (χ3n) is 4.27. The third kappa shape index (κ3) is 4.76. The van der Waals surface area contributed by atoms with E-state index in [-0.39, 0.29) is 11.8 Å². The van der Waals surface area contributed by atoms with Crippen molar-refractivity contribution in [2.45, 2.75) is 6.92 Å². The highest BCUT2D eigenvalue weighted by atomic mass is 32.1. The Morgan fingerprint density at radius 2 is 1.55 bits per heavy atom. The number of anilines is 2. The number of rotatable bonds is 6. The molecule has 2 N–H and O–H groups in total. The van der Waals surface area contributed by atoms with Gasteiger partial charge in [-0.15, -0.1) is 11.3 Å². The number of hydrogen-bond donors (Lipinski definition) is 2. The second-order valence-electron chi connectivity index (χ2n) is 6.34. The first-order valence-electron chi connectivity index (χ1n) is 9.13. The Labute approximate surface area is 186 Å². The van der Waals surface area contributed by atoms with Crippen LogP contribution in [0.5, 0.6) is 5.75 Å². The fourth-order valence-corrected chi connectivity index (χ4v) is 4.40. The van der Waals surface area contributed by atoms with Gasteiger partial charge in [-0.2, -0.15) is 0 Å². The van der Waals surface area contributed by atoms with Crippen LogP contribution >= 0.6 is 22.7 Å². The van der Waals surface area contributed by atoms with E-state index >= 15 is 0 Å². The summed E-state index contributed by atoms with van der Waals surface area (Å²) in [6, 6.07) is 10.1. The highest BCUT2D eigenvalue weighted by Gasteiger charge is 2.16. The minimum atomic E-state index is -0.258. The molecule has 3 heterocycles. The van der Waals surface area contributed by atoms with Crippen LogP contribution in [0.4, 0.5) is 10.3 Å². The fourth-order valence-electron chi connectivity index (χ4n) is 2.71. The molecule has 0 aliphatic heterocycles. The molecule has 31 heavy (non-hydrogen) atoms. The molecule has 0 atom stereocenters. The Morgan fingerprint density at radius 1 is 0.903 bits per heavy atom. The number of pyridine rings is 1. The molecule has 0 fully saturated rings. The molecule has 0 aliphatic rings. The minimum Gasteiger partial charge on any atom is -0.497 e. The van der Waals surface area contributed by atoms with Gasteiger partial charge < -0.3 is 4.74 Å². The zero-order valence-corrected chi connectivity index (χ0v) is 18.2. The molecule has 0 radical (unpaired) electrons. The van der Waals surface area contributed by atoms with Crippen LogP contribution in [0.2, 0.25) is 0 Å². The van der Waals surface area contributed by atoms with E-state index < -0.39 is 0 Å². The number of thiazole rings is 2. The lowest BCUT2D eigenvalue weighted by Gasteiger charge is -2.03. The Bertz CT molecular complexity index is 1220. The van der Waals surface area contributed by atoms with Crippen molar-refractivity contribution >= 4 is 44.8 Å². The molecule has 0 saturated carbocycles. The van der Waals surface area contributed by atoms with Gasteiger partial charge in [0, 0.05) is 28.9 Å². The summed E-state index contributed by atoms with van der Waals surface area (Å²) in [6.07, 6.45) is 3.12. The Morgan fingerprint density at radius 3 is 2.23 bits per heavy atom. The number of benzene rings is 1. The lowest BCUT2D eigenvalue weighted by molar-refractivity contribution is 0.101. The van der Waals surface area contributed by atoms with Crippen molar-refractivity contribution in [2.75, 3.05) is 17.7 Å². The van der Waals surface area contributed by atoms with Crippen molar-refractivity contribution in [3.63, 3.8) is 0 Å². The maximum absolute atomic E-state index is 12.5. The summed E-state index contributed by atoms with van der Waals surface area (Å²) in [4.78, 5) is 38.4. The molecular weight excluding hydrogens is 434 g/mol. The number of amides is 2. The van der Waals surface area contributed by atoms with Crippen LogP contribution in [0, 0.1) is 6.92 Å². The van der Waals surface area contributed by atoms with Gasteiger partial charge in [0.05, 0.1) is 23.4 Å². The molecule has 0 saturated heterocycles. The standard InChI is InChI=1S/C21H17N5O3S2/c1-12-17(16-11-30-20(24-16)25-19(28)14-7-9-22-10-8-14)31-21(23-12)26-18(27)13-3-5-15(29-2)6-4-13/h3-11H,1-2H3,(H,23,26,27)(H,24,25,28). The highest BCUT2D eigenvalue weighted by molar-refractivity contribution is 7.20. The van der Waals surface area contributed by atoms with Crippen LogP contribution < -0.4 is 15.4 Å². The second-order valence-corrected chi connectivity index (χ2v) is 8.20. The van der Waals surface area contributed by atoms with Crippen molar-refractivity contribution in [3.05, 3.63) is 71.0 Å². The number of carbonyl (C=O) groups is 2. The SMILES string of the molecule is COc1ccc(C(=O)Nc2nc(C)c(-c3csc(NC(=O)c4ccncc4)n3)s2)cc1. The molecule has 0 spiro atoms. The Balaban J connectivity index is 1.46. The monoisotopic (exact) mass is 451 g/mol. The molecule has 2 amide bonds. The predicted molar refractivity (Wildman–Crippen MR) is 121 cm³/mol. The van der Waals surface area contributed by atoms with Crippen molar-refractivity contribution in [2.24, 2.45) is 0 Å². The summed E-state index contributed by atoms with van der Waals surface area (Å²) in [5.41, 5.74) is 2.44. The topological polar surface area (TPSA) is 106 Å². The van der Waals surface area contributed by atoms with Gasteiger partial charge >= 0.3 is 0 Å². The quantitative estimate of drug-likeness (QED) is 0.448. The largest absolute Gasteiger partial charge is 0.497 e. The van der Waals surface area contributed by atoms with Crippen LogP contribution in [0.1, 0.15) is 26.4 Å². The summed E-state index contributed by atoms with van der Waals surface area (Å²) in [6.45, 7) is 1.85. The van der Waals surface area contributed by atoms with Gasteiger partial charge in [0.1, 0.15) is 5.75 Å². The lowest BCUT2D eigenvalue weighted by atomic mass is 10.2. The van der Waals surface area contributed by atoms with Crippen molar-refractivity contribution in [1.82, 2.24) is 15.0 Å². The van der Waals surface area contributed by atoms with E-state index in [0.717, 1.165) is 10.6 Å². The number of hydrogen-bond acceptors (Lipinski definition) is 8. The van der Waals surface area contributed by atoms with E-state index in [1.807, 2.05) is 12.3 Å². The van der Waals surface area contributed by atoms with Gasteiger partial charge in [-0.05, 0) is 43.3 Å². The zero-order valence-electron chi connectivity index (χ0n) is 16.6. The number of nitrogens with one attached hydrogen (secondary N) is 2. The molecule has 0 unspecified atom stereocenters. The summed E-state index contributed by atoms with van der Waals surface area (Å²) in [5, 5.41) is 8.40. The van der Waals surface area contributed by atoms with Gasteiger partial charge in [-0.3, -0.25) is 25.2 Å². The third-order valence-corrected chi connectivity index (χ3v) is 6.12. The first-order valence-corrected chi connectivity index (χ1v) is 10.8. The molecule has 4 aromatic rings. The molecular formula is C21H17N5O3S2. The first-order chi connectivity index (χ1) is 15.0. The van der Waals surface area contributed by atoms with Gasteiger partial charge in [0.2, 0.25) is 0 Å². The fraction of sp³-hybridized carbons (Fsp3) is 0.0952. The lowest BCUT2D eigenvalue weighted by Crippen LogP contribution is -2.11. The highest BCUT2D eigenvalue weighted by Crippen LogP contribution is 2.34. The normalized spacial score (nSPS) is 10.5. The maximum atomic E-state index is 12.5. The summed E-state index contributed by atoms with van der Waals surface area (Å²) < 4.78 is 5.11. The number of nitrogens with zero attached hydrogens (tertiary/aromatic N) is 3. The average molecular weight is 452 g/mol. The smallest absolute Gasteiger partial charge is 0.257 e. The average Bonchev–Trinajstić information content (AvgIpc) is 3.40. The zero-order chi connectivity index (χ0) is 21.8. The minimum absolute atomic E-state index is 0.253. The molecule has 0 aliphatic carbocycles. The Hall–Kier alpha value is -3.63. The van der Waals surface area contributed by atoms with Gasteiger partial charge in [0.25, 0.3) is 11.8 Å². The predicted octanol–water partition coefficient (Wildman–Crippen LogP) is 4.48. The number of carbonyl (C=O) groups excluding carboxylic acids is 2. The van der Waals surface area contributed by atoms with Crippen LogP contribution in [-0.2, 0) is 0 Å². The van der Waals surface area contributed by atoms with Crippen LogP contribution in [0.15, 0.2) is 54.2 Å². The second kappa shape index (κ2) is 9.02. The van der Waals surface area contributed by atoms with Crippen LogP contribution in [0.3, 0.4) is 0 Å². The van der Waals surface area contributed by atoms with Crippen molar-refractivity contribution in [1.29, 1.82) is 0 Å². The molecule has 4 rings (SSSR count). The number of ether oxygens (including phenoxy) is 1. The van der Waals surface area contributed by atoms with E-state index in [1.165, 1.54) is 22.7 Å². The number of aryl methyl sites for hydroxylation is 1. The van der Waals surface area contributed by atoms with Crippen molar-refractivity contribution < 1.29 is 14.3 Å².